The van der Waals surface area contributed by atoms with Crippen LogP contribution >= 0.6 is 0 Å². The van der Waals surface area contributed by atoms with E-state index in [-0.39, 0.29) is 30.3 Å². The van der Waals surface area contributed by atoms with Gasteiger partial charge in [-0.3, -0.25) is 19.3 Å². The number of ether oxygens (including phenoxy) is 1. The number of quaternary nitrogens is 1. The van der Waals surface area contributed by atoms with E-state index in [0.717, 1.165) is 22.4 Å². The third-order valence-corrected chi connectivity index (χ3v) is 6.34. The maximum Gasteiger partial charge on any atom is 0.291 e. The van der Waals surface area contributed by atoms with Crippen LogP contribution in [-0.2, 0) is 24.7 Å². The van der Waals surface area contributed by atoms with Crippen molar-refractivity contribution in [1.29, 1.82) is 0 Å². The normalized spacial score (nSPS) is 32.4. The molecule has 1 aromatic carbocycles. The zero-order chi connectivity index (χ0) is 18.8. The van der Waals surface area contributed by atoms with E-state index in [9.17, 15) is 14.4 Å². The van der Waals surface area contributed by atoms with Gasteiger partial charge in [-0.2, -0.15) is 0 Å². The standard InChI is InChI=1S/C19H23N3O4/c1-9-5-6-12-15(10(9)2)20-18(25)19(12)14-13(11(3)21-19)16(23)22(17(14)24)7-8-26-4/h5-6,11,13-14,21H,7-8H2,1-4H3,(H,20,25)/p+1/t11-,13+,14-,19+/m0/s1. The number of nitrogens with zero attached hydrogens (tertiary/aromatic N) is 1. The summed E-state index contributed by atoms with van der Waals surface area (Å²) in [7, 11) is 1.54. The van der Waals surface area contributed by atoms with Crippen molar-refractivity contribution < 1.29 is 24.4 Å². The van der Waals surface area contributed by atoms with Crippen molar-refractivity contribution in [2.75, 3.05) is 25.6 Å². The Morgan fingerprint density at radius 3 is 2.65 bits per heavy atom. The Balaban J connectivity index is 1.85. The summed E-state index contributed by atoms with van der Waals surface area (Å²) in [6.45, 7) is 6.40. The molecule has 0 radical (unpaired) electrons. The van der Waals surface area contributed by atoms with Crippen molar-refractivity contribution in [2.24, 2.45) is 11.8 Å². The monoisotopic (exact) mass is 358 g/mol. The molecule has 3 N–H and O–H groups in total. The first-order chi connectivity index (χ1) is 12.3. The van der Waals surface area contributed by atoms with Crippen LogP contribution in [0.4, 0.5) is 5.69 Å². The number of nitrogens with one attached hydrogen (secondary N) is 1. The number of hydrogen-bond acceptors (Lipinski definition) is 4. The first-order valence-corrected chi connectivity index (χ1v) is 8.97. The summed E-state index contributed by atoms with van der Waals surface area (Å²) in [5, 5.41) is 4.91. The highest BCUT2D eigenvalue weighted by molar-refractivity contribution is 6.14. The number of benzene rings is 1. The molecule has 0 saturated carbocycles. The largest absolute Gasteiger partial charge is 0.383 e. The van der Waals surface area contributed by atoms with Crippen LogP contribution in [0.5, 0.6) is 0 Å². The van der Waals surface area contributed by atoms with E-state index in [1.54, 1.807) is 0 Å². The summed E-state index contributed by atoms with van der Waals surface area (Å²) in [5.74, 6) is -1.82. The van der Waals surface area contributed by atoms with Crippen molar-refractivity contribution in [2.45, 2.75) is 32.4 Å². The average molecular weight is 358 g/mol. The molecule has 4 rings (SSSR count). The van der Waals surface area contributed by atoms with Crippen LogP contribution in [-0.4, -0.2) is 48.9 Å². The summed E-state index contributed by atoms with van der Waals surface area (Å²) >= 11 is 0. The molecule has 3 aliphatic rings. The number of carbonyl (C=O) groups is 3. The molecule has 3 amide bonds. The molecule has 3 heterocycles. The van der Waals surface area contributed by atoms with Gasteiger partial charge in [0.05, 0.1) is 24.9 Å². The quantitative estimate of drug-likeness (QED) is 0.724. The summed E-state index contributed by atoms with van der Waals surface area (Å²) in [6, 6.07) is 3.75. The average Bonchev–Trinajstić information content (AvgIpc) is 3.16. The van der Waals surface area contributed by atoms with E-state index in [0.29, 0.717) is 6.61 Å². The van der Waals surface area contributed by atoms with Gasteiger partial charge in [-0.1, -0.05) is 6.07 Å². The SMILES string of the molecule is COCCN1C(=O)[C@@H]2[C@H](C)[NH2+][C@@]3(C(=O)Nc4c3ccc(C)c4C)[C@@H]2C1=O. The van der Waals surface area contributed by atoms with Gasteiger partial charge in [0.15, 0.2) is 0 Å². The molecule has 7 nitrogen and oxygen atoms in total. The second-order valence-corrected chi connectivity index (χ2v) is 7.60. The van der Waals surface area contributed by atoms with Gasteiger partial charge in [0.1, 0.15) is 11.8 Å². The van der Waals surface area contributed by atoms with Gasteiger partial charge in [0.25, 0.3) is 5.91 Å². The Morgan fingerprint density at radius 2 is 1.96 bits per heavy atom. The molecule has 0 aliphatic carbocycles. The minimum Gasteiger partial charge on any atom is -0.383 e. The van der Waals surface area contributed by atoms with Crippen molar-refractivity contribution in [3.8, 4) is 0 Å². The molecular weight excluding hydrogens is 334 g/mol. The molecule has 0 bridgehead atoms. The lowest BCUT2D eigenvalue weighted by Gasteiger charge is -2.26. The molecule has 4 atom stereocenters. The van der Waals surface area contributed by atoms with Crippen molar-refractivity contribution in [3.05, 3.63) is 28.8 Å². The van der Waals surface area contributed by atoms with Gasteiger partial charge in [0, 0.05) is 12.7 Å². The molecular formula is C19H24N3O4+. The summed E-state index contributed by atoms with van der Waals surface area (Å²) in [4.78, 5) is 40.5. The first kappa shape index (κ1) is 17.2. The minimum atomic E-state index is -1.06. The molecule has 2 saturated heterocycles. The summed E-state index contributed by atoms with van der Waals surface area (Å²) in [6.07, 6.45) is 0. The van der Waals surface area contributed by atoms with Crippen LogP contribution < -0.4 is 10.6 Å². The van der Waals surface area contributed by atoms with Crippen LogP contribution in [0, 0.1) is 25.7 Å². The molecule has 1 aromatic rings. The number of carbonyl (C=O) groups excluding carboxylic acids is 3. The Morgan fingerprint density at radius 1 is 1.23 bits per heavy atom. The third-order valence-electron chi connectivity index (χ3n) is 6.34. The predicted octanol–water partition coefficient (Wildman–Crippen LogP) is -0.336. The van der Waals surface area contributed by atoms with E-state index in [4.69, 9.17) is 4.74 Å². The molecule has 0 aromatic heterocycles. The Hall–Kier alpha value is -2.25. The van der Waals surface area contributed by atoms with Gasteiger partial charge in [-0.15, -0.1) is 0 Å². The molecule has 1 spiro atoms. The van der Waals surface area contributed by atoms with Gasteiger partial charge in [-0.05, 0) is 38.0 Å². The van der Waals surface area contributed by atoms with Gasteiger partial charge in [0.2, 0.25) is 17.4 Å². The highest BCUT2D eigenvalue weighted by Gasteiger charge is 2.73. The van der Waals surface area contributed by atoms with Crippen molar-refractivity contribution in [1.82, 2.24) is 4.90 Å². The van der Waals surface area contributed by atoms with Gasteiger partial charge < -0.3 is 15.4 Å². The van der Waals surface area contributed by atoms with E-state index in [2.05, 4.69) is 5.32 Å². The Bertz CT molecular complexity index is 836. The molecule has 0 unspecified atom stereocenters. The maximum atomic E-state index is 13.2. The fraction of sp³-hybridized carbons (Fsp3) is 0.526. The predicted molar refractivity (Wildman–Crippen MR) is 93.2 cm³/mol. The fourth-order valence-corrected chi connectivity index (χ4v) is 4.92. The Kier molecular flexibility index (Phi) is 3.71. The van der Waals surface area contributed by atoms with Crippen LogP contribution in [0.3, 0.4) is 0 Å². The zero-order valence-electron chi connectivity index (χ0n) is 15.5. The molecule has 3 aliphatic heterocycles. The van der Waals surface area contributed by atoms with Crippen molar-refractivity contribution >= 4 is 23.4 Å². The van der Waals surface area contributed by atoms with Crippen LogP contribution in [0.25, 0.3) is 0 Å². The van der Waals surface area contributed by atoms with Gasteiger partial charge >= 0.3 is 0 Å². The second-order valence-electron chi connectivity index (χ2n) is 7.60. The summed E-state index contributed by atoms with van der Waals surface area (Å²) in [5.41, 5.74) is 2.63. The first-order valence-electron chi connectivity index (χ1n) is 8.97. The highest BCUT2D eigenvalue weighted by Crippen LogP contribution is 2.49. The Labute approximate surface area is 152 Å². The fourth-order valence-electron chi connectivity index (χ4n) is 4.92. The minimum absolute atomic E-state index is 0.151. The topological polar surface area (TPSA) is 92.3 Å². The van der Waals surface area contributed by atoms with Gasteiger partial charge in [-0.25, -0.2) is 0 Å². The molecule has 2 fully saturated rings. The summed E-state index contributed by atoms with van der Waals surface area (Å²) < 4.78 is 5.04. The molecule has 26 heavy (non-hydrogen) atoms. The zero-order valence-corrected chi connectivity index (χ0v) is 15.5. The van der Waals surface area contributed by atoms with E-state index in [1.165, 1.54) is 12.0 Å². The van der Waals surface area contributed by atoms with Crippen molar-refractivity contribution in [3.63, 3.8) is 0 Å². The number of rotatable bonds is 3. The van der Waals surface area contributed by atoms with Crippen LogP contribution in [0.2, 0.25) is 0 Å². The maximum absolute atomic E-state index is 13.2. The van der Waals surface area contributed by atoms with E-state index < -0.39 is 17.4 Å². The van der Waals surface area contributed by atoms with Crippen LogP contribution in [0.1, 0.15) is 23.6 Å². The lowest BCUT2D eigenvalue weighted by Crippen LogP contribution is -2.98. The highest BCUT2D eigenvalue weighted by atomic mass is 16.5. The lowest BCUT2D eigenvalue weighted by atomic mass is 9.76. The number of anilines is 1. The molecule has 7 heteroatoms. The number of methoxy groups -OCH3 is 1. The number of aryl methyl sites for hydroxylation is 1. The number of nitrogens with two attached hydrogens (primary N) is 1. The van der Waals surface area contributed by atoms with E-state index in [1.807, 2.05) is 38.2 Å². The van der Waals surface area contributed by atoms with Crippen LogP contribution in [0.15, 0.2) is 12.1 Å². The third kappa shape index (κ3) is 1.92. The number of likely N-dealkylation sites (tertiary alicyclic amines) is 1. The number of fused-ring (bicyclic) bond motifs is 4. The number of amides is 3. The van der Waals surface area contributed by atoms with E-state index >= 15 is 0 Å². The molecule has 138 valence electrons. The number of hydrogen-bond donors (Lipinski definition) is 2. The number of imide groups is 1. The smallest absolute Gasteiger partial charge is 0.291 e. The lowest BCUT2D eigenvalue weighted by molar-refractivity contribution is -0.730. The second kappa shape index (κ2) is 5.62.